The van der Waals surface area contributed by atoms with Crippen molar-refractivity contribution >= 4 is 28.3 Å². The maximum Gasteiger partial charge on any atom is 0.224 e. The number of rotatable bonds is 6. The van der Waals surface area contributed by atoms with Crippen LogP contribution in [0, 0.1) is 0 Å². The van der Waals surface area contributed by atoms with Gasteiger partial charge in [-0.1, -0.05) is 12.1 Å². The van der Waals surface area contributed by atoms with E-state index in [1.54, 1.807) is 0 Å². The normalized spacial score (nSPS) is 15.7. The number of halogens is 1. The van der Waals surface area contributed by atoms with Gasteiger partial charge in [0, 0.05) is 11.9 Å². The standard InChI is InChI=1S/C16H21ClN4/c17-16-19-14-8-2-1-7-13(14)15(20-16)18-9-3-4-10-21-11-5-6-12-21/h1-2,7-8H,3-6,9-12H2,(H,18,19,20). The van der Waals surface area contributed by atoms with Gasteiger partial charge in [-0.25, -0.2) is 9.97 Å². The van der Waals surface area contributed by atoms with Crippen molar-refractivity contribution in [3.8, 4) is 0 Å². The third-order valence-corrected chi connectivity index (χ3v) is 4.14. The van der Waals surface area contributed by atoms with Gasteiger partial charge in [-0.05, 0) is 69.1 Å². The van der Waals surface area contributed by atoms with Crippen LogP contribution in [0.25, 0.3) is 10.9 Å². The third kappa shape index (κ3) is 3.83. The summed E-state index contributed by atoms with van der Waals surface area (Å²) >= 11 is 5.98. The number of benzene rings is 1. The molecule has 1 aliphatic heterocycles. The van der Waals surface area contributed by atoms with Crippen molar-refractivity contribution < 1.29 is 0 Å². The van der Waals surface area contributed by atoms with Crippen molar-refractivity contribution in [2.24, 2.45) is 0 Å². The molecule has 0 radical (unpaired) electrons. The van der Waals surface area contributed by atoms with E-state index >= 15 is 0 Å². The number of anilines is 1. The Bertz CT molecular complexity index is 596. The Hall–Kier alpha value is -1.39. The average molecular weight is 305 g/mol. The van der Waals surface area contributed by atoms with E-state index in [4.69, 9.17) is 11.6 Å². The van der Waals surface area contributed by atoms with Gasteiger partial charge in [0.15, 0.2) is 0 Å². The molecule has 0 unspecified atom stereocenters. The number of hydrogen-bond donors (Lipinski definition) is 1. The zero-order chi connectivity index (χ0) is 14.5. The molecule has 0 atom stereocenters. The van der Waals surface area contributed by atoms with Gasteiger partial charge in [0.1, 0.15) is 5.82 Å². The van der Waals surface area contributed by atoms with Crippen LogP contribution < -0.4 is 5.32 Å². The van der Waals surface area contributed by atoms with Crippen LogP contribution in [0.5, 0.6) is 0 Å². The Balaban J connectivity index is 1.52. The summed E-state index contributed by atoms with van der Waals surface area (Å²) in [7, 11) is 0. The molecule has 3 rings (SSSR count). The summed E-state index contributed by atoms with van der Waals surface area (Å²) in [5.74, 6) is 0.840. The highest BCUT2D eigenvalue weighted by atomic mass is 35.5. The molecule has 2 aromatic rings. The fraction of sp³-hybridized carbons (Fsp3) is 0.500. The SMILES string of the molecule is Clc1nc(NCCCCN2CCCC2)c2ccccc2n1. The van der Waals surface area contributed by atoms with E-state index in [9.17, 15) is 0 Å². The van der Waals surface area contributed by atoms with Gasteiger partial charge < -0.3 is 10.2 Å². The second-order valence-electron chi connectivity index (χ2n) is 5.54. The Labute approximate surface area is 130 Å². The van der Waals surface area contributed by atoms with Gasteiger partial charge >= 0.3 is 0 Å². The van der Waals surface area contributed by atoms with Crippen molar-refractivity contribution in [1.29, 1.82) is 0 Å². The highest BCUT2D eigenvalue weighted by Crippen LogP contribution is 2.21. The number of nitrogens with zero attached hydrogens (tertiary/aromatic N) is 3. The minimum absolute atomic E-state index is 0.299. The van der Waals surface area contributed by atoms with E-state index in [1.807, 2.05) is 24.3 Å². The molecule has 0 amide bonds. The largest absolute Gasteiger partial charge is 0.369 e. The van der Waals surface area contributed by atoms with Gasteiger partial charge in [-0.15, -0.1) is 0 Å². The number of nitrogens with one attached hydrogen (secondary N) is 1. The van der Waals surface area contributed by atoms with Crippen molar-refractivity contribution in [3.05, 3.63) is 29.5 Å². The van der Waals surface area contributed by atoms with Crippen molar-refractivity contribution in [3.63, 3.8) is 0 Å². The Kier molecular flexibility index (Phi) is 4.88. The highest BCUT2D eigenvalue weighted by Gasteiger charge is 2.10. The molecule has 1 aliphatic rings. The highest BCUT2D eigenvalue weighted by molar-refractivity contribution is 6.28. The predicted octanol–water partition coefficient (Wildman–Crippen LogP) is 3.57. The molecule has 1 aromatic heterocycles. The first-order chi connectivity index (χ1) is 10.3. The zero-order valence-electron chi connectivity index (χ0n) is 12.2. The summed E-state index contributed by atoms with van der Waals surface area (Å²) in [6, 6.07) is 7.95. The quantitative estimate of drug-likeness (QED) is 0.654. The van der Waals surface area contributed by atoms with E-state index in [0.717, 1.165) is 29.7 Å². The fourth-order valence-electron chi connectivity index (χ4n) is 2.86. The van der Waals surface area contributed by atoms with Crippen LogP contribution in [0.3, 0.4) is 0 Å². The van der Waals surface area contributed by atoms with Gasteiger partial charge in [0.25, 0.3) is 0 Å². The maximum atomic E-state index is 5.98. The second kappa shape index (κ2) is 7.05. The molecule has 112 valence electrons. The van der Waals surface area contributed by atoms with E-state index in [-0.39, 0.29) is 0 Å². The summed E-state index contributed by atoms with van der Waals surface area (Å²) in [4.78, 5) is 11.1. The van der Waals surface area contributed by atoms with Crippen LogP contribution >= 0.6 is 11.6 Å². The van der Waals surface area contributed by atoms with Crippen LogP contribution in [-0.2, 0) is 0 Å². The lowest BCUT2D eigenvalue weighted by Gasteiger charge is -2.14. The summed E-state index contributed by atoms with van der Waals surface area (Å²) in [5, 5.41) is 4.73. The molecule has 0 spiro atoms. The number of unbranched alkanes of at least 4 members (excludes halogenated alkanes) is 1. The first-order valence-electron chi connectivity index (χ1n) is 7.71. The molecule has 21 heavy (non-hydrogen) atoms. The average Bonchev–Trinajstić information content (AvgIpc) is 3.00. The Morgan fingerprint density at radius 2 is 1.90 bits per heavy atom. The lowest BCUT2D eigenvalue weighted by molar-refractivity contribution is 0.331. The topological polar surface area (TPSA) is 41.1 Å². The van der Waals surface area contributed by atoms with E-state index < -0.39 is 0 Å². The first kappa shape index (κ1) is 14.5. The van der Waals surface area contributed by atoms with Crippen molar-refractivity contribution in [2.75, 3.05) is 31.5 Å². The molecule has 1 N–H and O–H groups in total. The summed E-state index contributed by atoms with van der Waals surface area (Å²) in [5.41, 5.74) is 0.886. The van der Waals surface area contributed by atoms with Crippen LogP contribution in [0.15, 0.2) is 24.3 Å². The lowest BCUT2D eigenvalue weighted by atomic mass is 10.2. The number of fused-ring (bicyclic) bond motifs is 1. The molecule has 1 aromatic carbocycles. The monoisotopic (exact) mass is 304 g/mol. The molecular weight excluding hydrogens is 284 g/mol. The smallest absolute Gasteiger partial charge is 0.224 e. The summed E-state index contributed by atoms with van der Waals surface area (Å²) in [6.07, 6.45) is 5.10. The molecule has 0 bridgehead atoms. The molecular formula is C16H21ClN4. The van der Waals surface area contributed by atoms with Crippen LogP contribution in [0.1, 0.15) is 25.7 Å². The first-order valence-corrected chi connectivity index (χ1v) is 8.09. The fourth-order valence-corrected chi connectivity index (χ4v) is 3.03. The van der Waals surface area contributed by atoms with Crippen LogP contribution in [0.4, 0.5) is 5.82 Å². The molecule has 0 aliphatic carbocycles. The number of likely N-dealkylation sites (tertiary alicyclic amines) is 1. The second-order valence-corrected chi connectivity index (χ2v) is 5.88. The molecule has 2 heterocycles. The van der Waals surface area contributed by atoms with E-state index in [2.05, 4.69) is 20.2 Å². The minimum atomic E-state index is 0.299. The van der Waals surface area contributed by atoms with Gasteiger partial charge in [-0.3, -0.25) is 0 Å². The minimum Gasteiger partial charge on any atom is -0.369 e. The van der Waals surface area contributed by atoms with Gasteiger partial charge in [0.05, 0.1) is 5.52 Å². The third-order valence-electron chi connectivity index (χ3n) is 3.97. The predicted molar refractivity (Wildman–Crippen MR) is 87.9 cm³/mol. The molecule has 1 fully saturated rings. The van der Waals surface area contributed by atoms with Crippen molar-refractivity contribution in [1.82, 2.24) is 14.9 Å². The van der Waals surface area contributed by atoms with Gasteiger partial charge in [0.2, 0.25) is 5.28 Å². The number of hydrogen-bond acceptors (Lipinski definition) is 4. The van der Waals surface area contributed by atoms with Crippen LogP contribution in [-0.4, -0.2) is 41.0 Å². The molecule has 1 saturated heterocycles. The molecule has 0 saturated carbocycles. The Morgan fingerprint density at radius 1 is 1.10 bits per heavy atom. The van der Waals surface area contributed by atoms with Gasteiger partial charge in [-0.2, -0.15) is 0 Å². The number of aromatic nitrogens is 2. The number of para-hydroxylation sites is 1. The zero-order valence-corrected chi connectivity index (χ0v) is 12.9. The summed E-state index contributed by atoms with van der Waals surface area (Å²) < 4.78 is 0. The summed E-state index contributed by atoms with van der Waals surface area (Å²) in [6.45, 7) is 4.69. The molecule has 4 nitrogen and oxygen atoms in total. The lowest BCUT2D eigenvalue weighted by Crippen LogP contribution is -2.20. The van der Waals surface area contributed by atoms with E-state index in [1.165, 1.54) is 38.9 Å². The van der Waals surface area contributed by atoms with E-state index in [0.29, 0.717) is 5.28 Å². The molecule has 5 heteroatoms. The maximum absolute atomic E-state index is 5.98. The Morgan fingerprint density at radius 3 is 2.76 bits per heavy atom. The van der Waals surface area contributed by atoms with Crippen LogP contribution in [0.2, 0.25) is 5.28 Å². The van der Waals surface area contributed by atoms with Crippen molar-refractivity contribution in [2.45, 2.75) is 25.7 Å².